The Balaban J connectivity index is 2.61. The van der Waals surface area contributed by atoms with Gasteiger partial charge in [-0.25, -0.2) is 0 Å². The zero-order valence-corrected chi connectivity index (χ0v) is 7.62. The molecular formula is C14H8. The Bertz CT molecular complexity index is 539. The molecule has 0 bridgehead atoms. The van der Waals surface area contributed by atoms with E-state index >= 15 is 0 Å². The molecule has 0 unspecified atom stereocenters. The first-order valence-corrected chi connectivity index (χ1v) is 4.65. The first-order chi connectivity index (χ1) is 6.95. The fourth-order valence-corrected chi connectivity index (χ4v) is 1.83. The third-order valence-electron chi connectivity index (χ3n) is 2.51. The van der Waals surface area contributed by atoms with Gasteiger partial charge in [-0.3, -0.25) is 0 Å². The van der Waals surface area contributed by atoms with Crippen molar-refractivity contribution in [2.75, 3.05) is 0 Å². The molecule has 0 radical (unpaired) electrons. The van der Waals surface area contributed by atoms with E-state index in [9.17, 15) is 0 Å². The molecule has 3 rings (SSSR count). The first-order valence-electron chi connectivity index (χ1n) is 4.65. The van der Waals surface area contributed by atoms with Crippen molar-refractivity contribution in [2.45, 2.75) is 0 Å². The average Bonchev–Trinajstić information content (AvgIpc) is 2.29. The van der Waals surface area contributed by atoms with Gasteiger partial charge in [-0.15, -0.1) is 0 Å². The van der Waals surface area contributed by atoms with Crippen LogP contribution in [-0.4, -0.2) is 0 Å². The van der Waals surface area contributed by atoms with Crippen molar-refractivity contribution < 1.29 is 0 Å². The molecule has 0 heterocycles. The highest BCUT2D eigenvalue weighted by Gasteiger charge is 1.96. The highest BCUT2D eigenvalue weighted by Crippen LogP contribution is 2.23. The molecule has 0 amide bonds. The zero-order valence-electron chi connectivity index (χ0n) is 7.62. The minimum atomic E-state index is 1.13. The van der Waals surface area contributed by atoms with Crippen LogP contribution in [0.15, 0.2) is 48.5 Å². The van der Waals surface area contributed by atoms with Gasteiger partial charge in [-0.1, -0.05) is 42.5 Å². The highest BCUT2D eigenvalue weighted by atomic mass is 14.0. The van der Waals surface area contributed by atoms with Crippen LogP contribution in [0.2, 0.25) is 0 Å². The summed E-state index contributed by atoms with van der Waals surface area (Å²) in [6.07, 6.45) is 0. The first kappa shape index (κ1) is 7.41. The fraction of sp³-hybridized carbons (Fsp3) is 0. The molecule has 0 saturated heterocycles. The van der Waals surface area contributed by atoms with Gasteiger partial charge in [0.15, 0.2) is 0 Å². The number of rotatable bonds is 0. The molecule has 0 spiro atoms. The summed E-state index contributed by atoms with van der Waals surface area (Å²) in [4.78, 5) is 0. The molecule has 0 saturated carbocycles. The Labute approximate surface area is 82.8 Å². The second-order valence-corrected chi connectivity index (χ2v) is 3.35. The highest BCUT2D eigenvalue weighted by molar-refractivity contribution is 6.06. The topological polar surface area (TPSA) is 0 Å². The minimum Gasteiger partial charge on any atom is -0.0696 e. The van der Waals surface area contributed by atoms with Crippen LogP contribution in [0.3, 0.4) is 0 Å². The van der Waals surface area contributed by atoms with Crippen molar-refractivity contribution in [1.29, 1.82) is 0 Å². The van der Waals surface area contributed by atoms with Crippen LogP contribution < -0.4 is 0 Å². The monoisotopic (exact) mass is 176 g/mol. The SMILES string of the molecule is c1ccc2c(c#1)ccc1ccccc12. The van der Waals surface area contributed by atoms with E-state index in [1.807, 2.05) is 6.07 Å². The molecule has 0 nitrogen and oxygen atoms in total. The van der Waals surface area contributed by atoms with Crippen LogP contribution in [0.5, 0.6) is 0 Å². The van der Waals surface area contributed by atoms with E-state index in [0.29, 0.717) is 0 Å². The lowest BCUT2D eigenvalue weighted by Gasteiger charge is -2.00. The smallest absolute Gasteiger partial charge is 0.0327 e. The Kier molecular flexibility index (Phi) is 1.46. The molecule has 0 aromatic heterocycles. The standard InChI is InChI=1S/C14H8/c1-3-7-13-11(5-1)9-10-12-6-2-4-8-14(12)13/h1,3-5,7-10H. The zero-order chi connectivity index (χ0) is 9.38. The lowest BCUT2D eigenvalue weighted by Crippen LogP contribution is -1.74. The van der Waals surface area contributed by atoms with Crippen molar-refractivity contribution in [1.82, 2.24) is 0 Å². The second-order valence-electron chi connectivity index (χ2n) is 3.35. The third-order valence-corrected chi connectivity index (χ3v) is 2.51. The predicted octanol–water partition coefficient (Wildman–Crippen LogP) is 3.59. The number of hydrogen-bond acceptors (Lipinski definition) is 0. The molecule has 3 aromatic rings. The van der Waals surface area contributed by atoms with Crippen LogP contribution in [0, 0.1) is 12.1 Å². The molecule has 64 valence electrons. The molecule has 0 heteroatoms. The van der Waals surface area contributed by atoms with E-state index in [1.165, 1.54) is 16.2 Å². The summed E-state index contributed by atoms with van der Waals surface area (Å²) in [7, 11) is 0. The number of hydrogen-bond donors (Lipinski definition) is 0. The second kappa shape index (κ2) is 2.75. The lowest BCUT2D eigenvalue weighted by atomic mass is 10.0. The molecule has 0 aliphatic heterocycles. The molecule has 14 heavy (non-hydrogen) atoms. The Morgan fingerprint density at radius 3 is 2.71 bits per heavy atom. The number of fused-ring (bicyclic) bond motifs is 3. The van der Waals surface area contributed by atoms with Crippen LogP contribution in [-0.2, 0) is 0 Å². The molecular weight excluding hydrogens is 168 g/mol. The van der Waals surface area contributed by atoms with Gasteiger partial charge >= 0.3 is 0 Å². The van der Waals surface area contributed by atoms with Crippen molar-refractivity contribution in [2.24, 2.45) is 0 Å². The van der Waals surface area contributed by atoms with E-state index in [1.54, 1.807) is 0 Å². The molecule has 3 aromatic carbocycles. The summed E-state index contributed by atoms with van der Waals surface area (Å²) >= 11 is 0. The molecule has 0 aliphatic rings. The largest absolute Gasteiger partial charge is 0.0696 e. The fourth-order valence-electron chi connectivity index (χ4n) is 1.83. The van der Waals surface area contributed by atoms with Crippen LogP contribution in [0.25, 0.3) is 21.5 Å². The Morgan fingerprint density at radius 1 is 0.786 bits per heavy atom. The third kappa shape index (κ3) is 0.963. The lowest BCUT2D eigenvalue weighted by molar-refractivity contribution is 1.78. The minimum absolute atomic E-state index is 1.13. The Morgan fingerprint density at radius 2 is 1.71 bits per heavy atom. The van der Waals surface area contributed by atoms with E-state index in [-0.39, 0.29) is 0 Å². The van der Waals surface area contributed by atoms with Crippen LogP contribution in [0.1, 0.15) is 0 Å². The predicted molar refractivity (Wildman–Crippen MR) is 59.1 cm³/mol. The van der Waals surface area contributed by atoms with Crippen LogP contribution in [0.4, 0.5) is 0 Å². The molecule has 0 N–H and O–H groups in total. The van der Waals surface area contributed by atoms with Gasteiger partial charge in [0.1, 0.15) is 0 Å². The van der Waals surface area contributed by atoms with Gasteiger partial charge in [0.2, 0.25) is 0 Å². The summed E-state index contributed by atoms with van der Waals surface area (Å²) in [5, 5.41) is 4.95. The summed E-state index contributed by atoms with van der Waals surface area (Å²) in [5.41, 5.74) is 0. The van der Waals surface area contributed by atoms with Crippen molar-refractivity contribution in [3.63, 3.8) is 0 Å². The van der Waals surface area contributed by atoms with E-state index in [4.69, 9.17) is 0 Å². The summed E-state index contributed by atoms with van der Waals surface area (Å²) in [5.74, 6) is 0. The van der Waals surface area contributed by atoms with Crippen molar-refractivity contribution >= 4 is 21.5 Å². The average molecular weight is 176 g/mol. The van der Waals surface area contributed by atoms with Gasteiger partial charge in [0, 0.05) is 5.39 Å². The van der Waals surface area contributed by atoms with E-state index in [2.05, 4.69) is 54.6 Å². The van der Waals surface area contributed by atoms with Gasteiger partial charge in [0.25, 0.3) is 0 Å². The van der Waals surface area contributed by atoms with Crippen LogP contribution >= 0.6 is 0 Å². The maximum Gasteiger partial charge on any atom is 0.0327 e. The van der Waals surface area contributed by atoms with Gasteiger partial charge in [-0.05, 0) is 34.4 Å². The quantitative estimate of drug-likeness (QED) is 0.491. The van der Waals surface area contributed by atoms with Gasteiger partial charge in [0.05, 0.1) is 0 Å². The maximum absolute atomic E-state index is 3.12. The number of benzene rings is 2. The molecule has 0 aliphatic carbocycles. The summed E-state index contributed by atoms with van der Waals surface area (Å²) < 4.78 is 0. The van der Waals surface area contributed by atoms with Gasteiger partial charge < -0.3 is 0 Å². The van der Waals surface area contributed by atoms with Crippen molar-refractivity contribution in [3.8, 4) is 0 Å². The van der Waals surface area contributed by atoms with Gasteiger partial charge in [-0.2, -0.15) is 0 Å². The summed E-state index contributed by atoms with van der Waals surface area (Å²) in [6.45, 7) is 0. The van der Waals surface area contributed by atoms with E-state index < -0.39 is 0 Å². The molecule has 0 atom stereocenters. The maximum atomic E-state index is 3.12. The van der Waals surface area contributed by atoms with Crippen molar-refractivity contribution in [3.05, 3.63) is 60.7 Å². The van der Waals surface area contributed by atoms with E-state index in [0.717, 1.165) is 5.39 Å². The normalized spacial score (nSPS) is 10.3. The summed E-state index contributed by atoms with van der Waals surface area (Å²) in [6, 6.07) is 22.7. The molecule has 0 fully saturated rings. The Hall–Kier alpha value is -2.00.